The molecule has 0 atom stereocenters. The second-order valence-electron chi connectivity index (χ2n) is 6.61. The zero-order chi connectivity index (χ0) is 19.6. The monoisotopic (exact) mass is 367 g/mol. The number of ketones is 1. The van der Waals surface area contributed by atoms with Crippen LogP contribution in [0.2, 0.25) is 0 Å². The third-order valence-corrected chi connectivity index (χ3v) is 4.85. The number of carbonyl (C=O) groups excluding carboxylic acids is 2. The summed E-state index contributed by atoms with van der Waals surface area (Å²) < 4.78 is 5.32. The van der Waals surface area contributed by atoms with E-state index in [1.165, 1.54) is 14.0 Å². The minimum atomic E-state index is -0.980. The Kier molecular flexibility index (Phi) is 5.26. The number of carboxylic acids is 1. The summed E-state index contributed by atoms with van der Waals surface area (Å²) in [5.74, 6) is -0.564. The first-order valence-corrected chi connectivity index (χ1v) is 8.69. The van der Waals surface area contributed by atoms with Gasteiger partial charge in [-0.2, -0.15) is 0 Å². The Balaban J connectivity index is 1.80. The first-order valence-electron chi connectivity index (χ1n) is 8.69. The van der Waals surface area contributed by atoms with Gasteiger partial charge in [-0.25, -0.2) is 4.79 Å². The Morgan fingerprint density at radius 2 is 1.81 bits per heavy atom. The van der Waals surface area contributed by atoms with Gasteiger partial charge in [0.05, 0.1) is 19.1 Å². The maximum Gasteiger partial charge on any atom is 0.335 e. The number of Topliss-reactive ketones (excluding diaryl/α,β-unsaturated/α-hetero) is 1. The molecule has 1 aliphatic heterocycles. The topological polar surface area (TPSA) is 83.9 Å². The van der Waals surface area contributed by atoms with E-state index in [1.807, 2.05) is 6.07 Å². The van der Waals surface area contributed by atoms with Crippen molar-refractivity contribution in [3.05, 3.63) is 64.2 Å². The molecule has 1 heterocycles. The molecule has 1 N–H and O–H groups in total. The van der Waals surface area contributed by atoms with Crippen molar-refractivity contribution < 1.29 is 24.2 Å². The van der Waals surface area contributed by atoms with E-state index >= 15 is 0 Å². The Labute approximate surface area is 157 Å². The lowest BCUT2D eigenvalue weighted by molar-refractivity contribution is -0.131. The lowest BCUT2D eigenvalue weighted by Gasteiger charge is -2.29. The van der Waals surface area contributed by atoms with Crippen LogP contribution in [-0.2, 0) is 24.2 Å². The SMILES string of the molecule is COc1ccc(C(C)=O)cc1CC(=O)N1CCc2ccc(C(=O)O)cc2C1. The standard InChI is InChI=1S/C21H21NO5/c1-13(23)15-5-6-19(27-2)17(9-15)11-20(24)22-8-7-14-3-4-16(21(25)26)10-18(14)12-22/h3-6,9-10H,7-8,11-12H2,1-2H3,(H,25,26). The van der Waals surface area contributed by atoms with Gasteiger partial charge < -0.3 is 14.7 Å². The summed E-state index contributed by atoms with van der Waals surface area (Å²) in [5, 5.41) is 9.16. The zero-order valence-electron chi connectivity index (χ0n) is 15.3. The fourth-order valence-electron chi connectivity index (χ4n) is 3.31. The van der Waals surface area contributed by atoms with Gasteiger partial charge in [0.1, 0.15) is 5.75 Å². The van der Waals surface area contributed by atoms with Gasteiger partial charge in [-0.15, -0.1) is 0 Å². The Morgan fingerprint density at radius 1 is 1.07 bits per heavy atom. The molecule has 1 amide bonds. The predicted molar refractivity (Wildman–Crippen MR) is 99.2 cm³/mol. The van der Waals surface area contributed by atoms with E-state index < -0.39 is 5.97 Å². The van der Waals surface area contributed by atoms with Gasteiger partial charge in [0.15, 0.2) is 5.78 Å². The van der Waals surface area contributed by atoms with Crippen molar-refractivity contribution in [2.24, 2.45) is 0 Å². The molecular weight excluding hydrogens is 346 g/mol. The van der Waals surface area contributed by atoms with Crippen molar-refractivity contribution in [3.63, 3.8) is 0 Å². The van der Waals surface area contributed by atoms with Crippen LogP contribution in [0.15, 0.2) is 36.4 Å². The molecule has 6 heteroatoms. The second-order valence-corrected chi connectivity index (χ2v) is 6.61. The molecule has 2 aromatic rings. The number of rotatable bonds is 5. The van der Waals surface area contributed by atoms with Crippen LogP contribution in [0.1, 0.15) is 44.3 Å². The van der Waals surface area contributed by atoms with Crippen molar-refractivity contribution in [2.75, 3.05) is 13.7 Å². The van der Waals surface area contributed by atoms with E-state index in [-0.39, 0.29) is 23.7 Å². The molecule has 0 unspecified atom stereocenters. The van der Waals surface area contributed by atoms with E-state index in [2.05, 4.69) is 0 Å². The van der Waals surface area contributed by atoms with Gasteiger partial charge >= 0.3 is 5.97 Å². The molecule has 0 radical (unpaired) electrons. The molecule has 27 heavy (non-hydrogen) atoms. The predicted octanol–water partition coefficient (Wildman–Crippen LogP) is 2.72. The van der Waals surface area contributed by atoms with Crippen LogP contribution < -0.4 is 4.74 Å². The highest BCUT2D eigenvalue weighted by Gasteiger charge is 2.23. The molecule has 3 rings (SSSR count). The van der Waals surface area contributed by atoms with E-state index in [1.54, 1.807) is 35.2 Å². The molecule has 6 nitrogen and oxygen atoms in total. The fourth-order valence-corrected chi connectivity index (χ4v) is 3.31. The number of aromatic carboxylic acids is 1. The number of fused-ring (bicyclic) bond motifs is 1. The van der Waals surface area contributed by atoms with Crippen LogP contribution in [0.4, 0.5) is 0 Å². The minimum Gasteiger partial charge on any atom is -0.496 e. The van der Waals surface area contributed by atoms with E-state index in [0.29, 0.717) is 36.4 Å². The molecule has 0 saturated heterocycles. The van der Waals surface area contributed by atoms with Gasteiger partial charge in [-0.05, 0) is 54.8 Å². The van der Waals surface area contributed by atoms with Crippen molar-refractivity contribution in [3.8, 4) is 5.75 Å². The zero-order valence-corrected chi connectivity index (χ0v) is 15.3. The first kappa shape index (κ1) is 18.6. The highest BCUT2D eigenvalue weighted by atomic mass is 16.5. The Bertz CT molecular complexity index is 919. The molecule has 0 bridgehead atoms. The van der Waals surface area contributed by atoms with E-state index in [0.717, 1.165) is 11.1 Å². The smallest absolute Gasteiger partial charge is 0.335 e. The molecule has 0 aromatic heterocycles. The van der Waals surface area contributed by atoms with Crippen LogP contribution in [0.25, 0.3) is 0 Å². The lowest BCUT2D eigenvalue weighted by Crippen LogP contribution is -2.37. The minimum absolute atomic E-state index is 0.0700. The second kappa shape index (κ2) is 7.61. The number of amides is 1. The summed E-state index contributed by atoms with van der Waals surface area (Å²) >= 11 is 0. The van der Waals surface area contributed by atoms with Crippen molar-refractivity contribution in [1.29, 1.82) is 0 Å². The summed E-state index contributed by atoms with van der Waals surface area (Å²) in [7, 11) is 1.53. The molecule has 0 saturated carbocycles. The number of carboxylic acid groups (broad SMARTS) is 1. The first-order chi connectivity index (χ1) is 12.9. The quantitative estimate of drug-likeness (QED) is 0.822. The van der Waals surface area contributed by atoms with Crippen molar-refractivity contribution >= 4 is 17.7 Å². The molecule has 140 valence electrons. The van der Waals surface area contributed by atoms with Crippen LogP contribution in [0.5, 0.6) is 5.75 Å². The lowest BCUT2D eigenvalue weighted by atomic mass is 9.96. The highest BCUT2D eigenvalue weighted by Crippen LogP contribution is 2.24. The van der Waals surface area contributed by atoms with E-state index in [4.69, 9.17) is 9.84 Å². The van der Waals surface area contributed by atoms with Crippen LogP contribution in [-0.4, -0.2) is 41.3 Å². The molecule has 0 aliphatic carbocycles. The average Bonchev–Trinajstić information content (AvgIpc) is 2.66. The number of hydrogen-bond acceptors (Lipinski definition) is 4. The number of methoxy groups -OCH3 is 1. The number of benzene rings is 2. The summed E-state index contributed by atoms with van der Waals surface area (Å²) in [5.41, 5.74) is 3.35. The third-order valence-electron chi connectivity index (χ3n) is 4.85. The van der Waals surface area contributed by atoms with Gasteiger partial charge in [0.25, 0.3) is 0 Å². The van der Waals surface area contributed by atoms with Crippen molar-refractivity contribution in [2.45, 2.75) is 26.3 Å². The largest absolute Gasteiger partial charge is 0.496 e. The Hall–Kier alpha value is -3.15. The number of hydrogen-bond donors (Lipinski definition) is 1. The molecule has 0 fully saturated rings. The van der Waals surface area contributed by atoms with Crippen LogP contribution in [0, 0.1) is 0 Å². The molecule has 1 aliphatic rings. The number of ether oxygens (including phenoxy) is 1. The summed E-state index contributed by atoms with van der Waals surface area (Å²) in [6, 6.07) is 10.1. The van der Waals surface area contributed by atoms with E-state index in [9.17, 15) is 14.4 Å². The normalized spacial score (nSPS) is 13.0. The maximum atomic E-state index is 12.8. The van der Waals surface area contributed by atoms with Crippen LogP contribution >= 0.6 is 0 Å². The van der Waals surface area contributed by atoms with Gasteiger partial charge in [-0.3, -0.25) is 9.59 Å². The Morgan fingerprint density at radius 3 is 2.48 bits per heavy atom. The number of nitrogens with zero attached hydrogens (tertiary/aromatic N) is 1. The summed E-state index contributed by atoms with van der Waals surface area (Å²) in [4.78, 5) is 37.3. The van der Waals surface area contributed by atoms with Gasteiger partial charge in [0, 0.05) is 24.2 Å². The number of carbonyl (C=O) groups is 3. The molecular formula is C21H21NO5. The van der Waals surface area contributed by atoms with Crippen molar-refractivity contribution in [1.82, 2.24) is 4.90 Å². The molecule has 2 aromatic carbocycles. The summed E-state index contributed by atoms with van der Waals surface area (Å²) in [6.07, 6.45) is 0.809. The van der Waals surface area contributed by atoms with Crippen LogP contribution in [0.3, 0.4) is 0 Å². The fraction of sp³-hybridized carbons (Fsp3) is 0.286. The third kappa shape index (κ3) is 4.00. The highest BCUT2D eigenvalue weighted by molar-refractivity contribution is 5.94. The summed E-state index contributed by atoms with van der Waals surface area (Å²) in [6.45, 7) is 2.44. The molecule has 0 spiro atoms. The maximum absolute atomic E-state index is 12.8. The van der Waals surface area contributed by atoms with Gasteiger partial charge in [0.2, 0.25) is 5.91 Å². The average molecular weight is 367 g/mol. The van der Waals surface area contributed by atoms with Gasteiger partial charge in [-0.1, -0.05) is 6.07 Å².